The Morgan fingerprint density at radius 3 is 2.12 bits per heavy atom. The molecule has 0 heterocycles. The molecule has 7 heteroatoms. The van der Waals surface area contributed by atoms with Crippen molar-refractivity contribution in [2.45, 2.75) is 106 Å². The maximum Gasteiger partial charge on any atom is 0.209 e. The lowest BCUT2D eigenvalue weighted by Crippen LogP contribution is -2.67. The monoisotopic (exact) mass is 566 g/mol. The van der Waals surface area contributed by atoms with Crippen molar-refractivity contribution in [3.8, 4) is 5.75 Å². The summed E-state index contributed by atoms with van der Waals surface area (Å²) in [5.41, 5.74) is -3.19. The van der Waals surface area contributed by atoms with Crippen LogP contribution in [0, 0.1) is 28.6 Å². The second kappa shape index (κ2) is 10.1. The fraction of sp³-hybridized carbons (Fsp3) is 0.618. The van der Waals surface area contributed by atoms with Crippen LogP contribution in [0.3, 0.4) is 0 Å². The van der Waals surface area contributed by atoms with Crippen molar-refractivity contribution in [1.29, 1.82) is 0 Å². The predicted octanol–water partition coefficient (Wildman–Crippen LogP) is 6.45. The third kappa shape index (κ3) is 4.13. The van der Waals surface area contributed by atoms with Crippen molar-refractivity contribution >= 4 is 17.3 Å². The number of rotatable bonds is 7. The zero-order valence-corrected chi connectivity index (χ0v) is 25.9. The molecule has 0 aliphatic heterocycles. The van der Waals surface area contributed by atoms with Crippen LogP contribution in [-0.2, 0) is 22.4 Å². The number of aliphatic hydroxyl groups excluding tert-OH is 2. The Hall–Kier alpha value is -2.93. The lowest BCUT2D eigenvalue weighted by atomic mass is 9.44. The molecule has 224 valence electrons. The van der Waals surface area contributed by atoms with Crippen LogP contribution in [0.4, 0.5) is 0 Å². The topological polar surface area (TPSA) is 132 Å². The number of fused-ring (bicyclic) bond motifs is 3. The number of ketones is 3. The molecule has 0 spiro atoms. The summed E-state index contributed by atoms with van der Waals surface area (Å²) in [6.45, 7) is 16.6. The van der Waals surface area contributed by atoms with Crippen molar-refractivity contribution in [3.63, 3.8) is 0 Å². The van der Waals surface area contributed by atoms with E-state index in [0.29, 0.717) is 24.3 Å². The molecule has 0 radical (unpaired) electrons. The number of Topliss-reactive ketones (excluding diaryl/α,β-unsaturated/α-hetero) is 3. The summed E-state index contributed by atoms with van der Waals surface area (Å²) in [6.07, 6.45) is 2.84. The number of phenols is 1. The van der Waals surface area contributed by atoms with E-state index in [-0.39, 0.29) is 40.9 Å². The average molecular weight is 567 g/mol. The third-order valence-corrected chi connectivity index (χ3v) is 10.4. The molecule has 3 aliphatic rings. The van der Waals surface area contributed by atoms with E-state index in [2.05, 4.69) is 13.8 Å². The molecule has 4 rings (SSSR count). The van der Waals surface area contributed by atoms with Gasteiger partial charge in [0, 0.05) is 22.3 Å². The predicted molar refractivity (Wildman–Crippen MR) is 157 cm³/mol. The van der Waals surface area contributed by atoms with Gasteiger partial charge in [-0.1, -0.05) is 74.3 Å². The minimum Gasteiger partial charge on any atom is -0.511 e. The van der Waals surface area contributed by atoms with Crippen LogP contribution in [0.15, 0.2) is 28.7 Å². The van der Waals surface area contributed by atoms with E-state index in [9.17, 15) is 34.8 Å². The Kier molecular flexibility index (Phi) is 7.65. The summed E-state index contributed by atoms with van der Waals surface area (Å²) in [5, 5.41) is 46.9. The number of allylic oxidation sites excluding steroid dienone is 2. The SMILES string of the molecule is CCC(CC)Cc1cc(C(C)C)c2c(c1O)C(=O)C1=C(O)[C@@]3(O)C(=O)C(C(C)=O)=C(O)C(C(C)C)[C@@]3(C)C[C@@]1(C)C2. The highest BCUT2D eigenvalue weighted by atomic mass is 16.3. The van der Waals surface area contributed by atoms with Crippen LogP contribution in [0.25, 0.3) is 0 Å². The van der Waals surface area contributed by atoms with Crippen LogP contribution in [0.1, 0.15) is 115 Å². The Morgan fingerprint density at radius 1 is 1.05 bits per heavy atom. The van der Waals surface area contributed by atoms with Crippen molar-refractivity contribution in [3.05, 3.63) is 51.0 Å². The van der Waals surface area contributed by atoms with Crippen molar-refractivity contribution in [2.24, 2.45) is 28.6 Å². The van der Waals surface area contributed by atoms with E-state index in [0.717, 1.165) is 30.9 Å². The average Bonchev–Trinajstić information content (AvgIpc) is 2.85. The summed E-state index contributed by atoms with van der Waals surface area (Å²) in [5.74, 6) is -4.44. The Morgan fingerprint density at radius 2 is 1.63 bits per heavy atom. The number of aliphatic hydroxyl groups is 3. The van der Waals surface area contributed by atoms with E-state index in [1.54, 1.807) is 6.92 Å². The molecule has 0 aromatic heterocycles. The number of carbonyl (C=O) groups is 3. The molecule has 0 saturated carbocycles. The molecule has 0 amide bonds. The molecule has 3 aliphatic carbocycles. The van der Waals surface area contributed by atoms with E-state index < -0.39 is 51.0 Å². The first kappa shape index (κ1) is 31.0. The van der Waals surface area contributed by atoms with Gasteiger partial charge in [-0.05, 0) is 60.6 Å². The van der Waals surface area contributed by atoms with Crippen molar-refractivity contribution in [2.75, 3.05) is 0 Å². The minimum atomic E-state index is -2.60. The number of phenolic OH excluding ortho intramolecular Hbond substituents is 1. The highest BCUT2D eigenvalue weighted by Gasteiger charge is 2.71. The summed E-state index contributed by atoms with van der Waals surface area (Å²) in [7, 11) is 0. The van der Waals surface area contributed by atoms with Crippen molar-refractivity contribution in [1.82, 2.24) is 0 Å². The molecule has 0 fully saturated rings. The normalized spacial score (nSPS) is 29.8. The standard InChI is InChI=1S/C34H46O7/c1-10-19(11-2)12-20-13-21(16(3)4)22-14-32(8)15-33(9)25(17(5)6)28(37)23(18(7)35)30(39)34(33,41)31(40)26(32)29(38)24(22)27(20)36/h13,16-17,19,25,36-37,40-41H,10-12,14-15H2,1-9H3/t25?,32-,33-,34+/m1/s1. The molecule has 0 saturated heterocycles. The van der Waals surface area contributed by atoms with E-state index in [1.807, 2.05) is 40.7 Å². The number of hydrogen-bond acceptors (Lipinski definition) is 7. The number of aromatic hydroxyl groups is 1. The van der Waals surface area contributed by atoms with Gasteiger partial charge in [0.1, 0.15) is 22.8 Å². The molecule has 1 aromatic rings. The number of carbonyl (C=O) groups excluding carboxylic acids is 3. The number of hydrogen-bond donors (Lipinski definition) is 4. The quantitative estimate of drug-likeness (QED) is 0.279. The Bertz CT molecular complexity index is 1390. The molecule has 1 aromatic carbocycles. The van der Waals surface area contributed by atoms with E-state index in [4.69, 9.17) is 0 Å². The van der Waals surface area contributed by atoms with E-state index in [1.165, 1.54) is 0 Å². The fourth-order valence-electron chi connectivity index (χ4n) is 8.44. The third-order valence-electron chi connectivity index (χ3n) is 10.4. The van der Waals surface area contributed by atoms with Gasteiger partial charge in [-0.3, -0.25) is 14.4 Å². The molecule has 4 atom stereocenters. The maximum atomic E-state index is 14.4. The highest BCUT2D eigenvalue weighted by molar-refractivity contribution is 6.25. The first-order valence-corrected chi connectivity index (χ1v) is 15.0. The molecule has 41 heavy (non-hydrogen) atoms. The molecular formula is C34H46O7. The van der Waals surface area contributed by atoms with Crippen LogP contribution < -0.4 is 0 Å². The van der Waals surface area contributed by atoms with Gasteiger partial charge in [-0.2, -0.15) is 0 Å². The largest absolute Gasteiger partial charge is 0.511 e. The summed E-state index contributed by atoms with van der Waals surface area (Å²) >= 11 is 0. The fourth-order valence-corrected chi connectivity index (χ4v) is 8.44. The zero-order valence-electron chi connectivity index (χ0n) is 25.9. The van der Waals surface area contributed by atoms with Crippen LogP contribution in [0.2, 0.25) is 0 Å². The summed E-state index contributed by atoms with van der Waals surface area (Å²) in [4.78, 5) is 40.9. The van der Waals surface area contributed by atoms with Gasteiger partial charge >= 0.3 is 0 Å². The highest BCUT2D eigenvalue weighted by Crippen LogP contribution is 2.65. The smallest absolute Gasteiger partial charge is 0.209 e. The van der Waals surface area contributed by atoms with E-state index >= 15 is 0 Å². The molecule has 4 N–H and O–H groups in total. The van der Waals surface area contributed by atoms with Crippen LogP contribution in [0.5, 0.6) is 5.75 Å². The van der Waals surface area contributed by atoms with Crippen LogP contribution in [-0.4, -0.2) is 43.4 Å². The van der Waals surface area contributed by atoms with Gasteiger partial charge in [-0.15, -0.1) is 0 Å². The molecule has 7 nitrogen and oxygen atoms in total. The Labute approximate surface area is 243 Å². The minimum absolute atomic E-state index is 0.0567. The number of benzene rings is 1. The molecule has 1 unspecified atom stereocenters. The Balaban J connectivity index is 2.05. The van der Waals surface area contributed by atoms with Gasteiger partial charge in [0.2, 0.25) is 5.78 Å². The van der Waals surface area contributed by atoms with Crippen LogP contribution >= 0.6 is 0 Å². The van der Waals surface area contributed by atoms with Gasteiger partial charge in [0.05, 0.1) is 5.56 Å². The van der Waals surface area contributed by atoms with Gasteiger partial charge in [0.25, 0.3) is 0 Å². The summed E-state index contributed by atoms with van der Waals surface area (Å²) in [6, 6.07) is 2.01. The second-order valence-electron chi connectivity index (χ2n) is 13.8. The lowest BCUT2D eigenvalue weighted by molar-refractivity contribution is -0.171. The van der Waals surface area contributed by atoms with Gasteiger partial charge < -0.3 is 20.4 Å². The lowest BCUT2D eigenvalue weighted by Gasteiger charge is -2.59. The maximum absolute atomic E-state index is 14.4. The first-order chi connectivity index (χ1) is 18.9. The van der Waals surface area contributed by atoms with Gasteiger partial charge in [0.15, 0.2) is 17.2 Å². The van der Waals surface area contributed by atoms with Gasteiger partial charge in [-0.25, -0.2) is 0 Å². The zero-order chi connectivity index (χ0) is 31.0. The van der Waals surface area contributed by atoms with Crippen molar-refractivity contribution < 1.29 is 34.8 Å². The molecular weight excluding hydrogens is 520 g/mol. The molecule has 0 bridgehead atoms. The summed E-state index contributed by atoms with van der Waals surface area (Å²) < 4.78 is 0. The first-order valence-electron chi connectivity index (χ1n) is 15.0. The second-order valence-corrected chi connectivity index (χ2v) is 13.8.